The highest BCUT2D eigenvalue weighted by Gasteiger charge is 2.35. The first kappa shape index (κ1) is 17.9. The van der Waals surface area contributed by atoms with Gasteiger partial charge < -0.3 is 15.2 Å². The van der Waals surface area contributed by atoms with Crippen LogP contribution < -0.4 is 5.32 Å². The minimum absolute atomic E-state index is 0.148. The number of amides is 1. The second-order valence-corrected chi connectivity index (χ2v) is 4.88. The molecule has 0 radical (unpaired) electrons. The van der Waals surface area contributed by atoms with E-state index in [1.54, 1.807) is 6.92 Å². The molecule has 0 saturated carbocycles. The molecule has 1 unspecified atom stereocenters. The van der Waals surface area contributed by atoms with Crippen LogP contribution in [0.25, 0.3) is 0 Å². The first-order valence-corrected chi connectivity index (χ1v) is 7.06. The summed E-state index contributed by atoms with van der Waals surface area (Å²) < 4.78 is 5.38. The van der Waals surface area contributed by atoms with Crippen molar-refractivity contribution in [3.8, 4) is 0 Å². The van der Waals surface area contributed by atoms with Crippen molar-refractivity contribution in [3.63, 3.8) is 0 Å². The fourth-order valence-electron chi connectivity index (χ4n) is 1.76. The van der Waals surface area contributed by atoms with E-state index in [0.717, 1.165) is 12.8 Å². The summed E-state index contributed by atoms with van der Waals surface area (Å²) in [4.78, 5) is 23.1. The van der Waals surface area contributed by atoms with Gasteiger partial charge in [-0.05, 0) is 26.2 Å². The van der Waals surface area contributed by atoms with Crippen LogP contribution in [0.4, 0.5) is 0 Å². The third kappa shape index (κ3) is 5.59. The average Bonchev–Trinajstić information content (AvgIpc) is 2.40. The van der Waals surface area contributed by atoms with Crippen LogP contribution in [0.2, 0.25) is 0 Å². The van der Waals surface area contributed by atoms with Crippen LogP contribution in [0.1, 0.15) is 53.4 Å². The molecule has 0 aromatic carbocycles. The molecule has 0 aliphatic rings. The van der Waals surface area contributed by atoms with Gasteiger partial charge in [-0.1, -0.05) is 27.2 Å². The van der Waals surface area contributed by atoms with Gasteiger partial charge in [0.15, 0.2) is 0 Å². The molecule has 2 N–H and O–H groups in total. The molecule has 0 saturated heterocycles. The molecule has 0 aliphatic heterocycles. The summed E-state index contributed by atoms with van der Waals surface area (Å²) in [6, 6.07) is 0. The smallest absolute Gasteiger partial charge is 0.311 e. The van der Waals surface area contributed by atoms with E-state index < -0.39 is 17.5 Å². The Hall–Kier alpha value is -1.10. The normalized spacial score (nSPS) is 13.1. The number of ether oxygens (including phenoxy) is 1. The number of carbonyl (C=O) groups excluding carboxylic acids is 1. The summed E-state index contributed by atoms with van der Waals surface area (Å²) in [5, 5.41) is 12.0. The second-order valence-electron chi connectivity index (χ2n) is 4.88. The van der Waals surface area contributed by atoms with E-state index in [4.69, 9.17) is 4.74 Å². The van der Waals surface area contributed by atoms with Gasteiger partial charge in [0.05, 0.1) is 5.41 Å². The summed E-state index contributed by atoms with van der Waals surface area (Å²) in [7, 11) is 0. The molecule has 0 aliphatic carbocycles. The van der Waals surface area contributed by atoms with E-state index in [2.05, 4.69) is 12.2 Å². The van der Waals surface area contributed by atoms with Crippen LogP contribution in [-0.2, 0) is 14.3 Å². The van der Waals surface area contributed by atoms with Gasteiger partial charge in [0.1, 0.15) is 6.10 Å². The Labute approximate surface area is 115 Å². The minimum atomic E-state index is -0.876. The van der Waals surface area contributed by atoms with Crippen LogP contribution in [0, 0.1) is 5.41 Å². The van der Waals surface area contributed by atoms with E-state index in [-0.39, 0.29) is 12.5 Å². The number of aliphatic carboxylic acids is 1. The van der Waals surface area contributed by atoms with Gasteiger partial charge in [0.25, 0.3) is 0 Å². The van der Waals surface area contributed by atoms with Crippen LogP contribution >= 0.6 is 0 Å². The van der Waals surface area contributed by atoms with Crippen molar-refractivity contribution in [1.82, 2.24) is 5.32 Å². The molecule has 0 heterocycles. The van der Waals surface area contributed by atoms with Gasteiger partial charge in [-0.3, -0.25) is 9.59 Å². The molecular weight excluding hydrogens is 246 g/mol. The minimum Gasteiger partial charge on any atom is -0.481 e. The van der Waals surface area contributed by atoms with E-state index >= 15 is 0 Å². The number of carboxylic acid groups (broad SMARTS) is 1. The third-order valence-electron chi connectivity index (χ3n) is 3.64. The van der Waals surface area contributed by atoms with Crippen molar-refractivity contribution in [2.75, 3.05) is 13.2 Å². The summed E-state index contributed by atoms with van der Waals surface area (Å²) in [5.74, 6) is -1.11. The predicted molar refractivity (Wildman–Crippen MR) is 74.0 cm³/mol. The maximum atomic E-state index is 11.8. The zero-order chi connectivity index (χ0) is 14.9. The number of hydrogen-bond donors (Lipinski definition) is 2. The fraction of sp³-hybridized carbons (Fsp3) is 0.857. The lowest BCUT2D eigenvalue weighted by Gasteiger charge is -2.27. The van der Waals surface area contributed by atoms with Gasteiger partial charge in [-0.15, -0.1) is 0 Å². The Bertz CT molecular complexity index is 287. The zero-order valence-corrected chi connectivity index (χ0v) is 12.5. The predicted octanol–water partition coefficient (Wildman–Crippen LogP) is 2.20. The lowest BCUT2D eigenvalue weighted by Crippen LogP contribution is -2.45. The molecule has 5 heteroatoms. The van der Waals surface area contributed by atoms with Crippen LogP contribution in [0.3, 0.4) is 0 Å². The van der Waals surface area contributed by atoms with Crippen LogP contribution in [0.5, 0.6) is 0 Å². The quantitative estimate of drug-likeness (QED) is 0.598. The molecule has 5 nitrogen and oxygen atoms in total. The summed E-state index contributed by atoms with van der Waals surface area (Å²) >= 11 is 0. The topological polar surface area (TPSA) is 75.6 Å². The Morgan fingerprint density at radius 2 is 1.84 bits per heavy atom. The molecule has 0 rings (SSSR count). The Kier molecular flexibility index (Phi) is 8.39. The molecule has 0 fully saturated rings. The molecule has 112 valence electrons. The van der Waals surface area contributed by atoms with Crippen molar-refractivity contribution in [2.45, 2.75) is 59.5 Å². The van der Waals surface area contributed by atoms with Crippen molar-refractivity contribution < 1.29 is 19.4 Å². The molecule has 19 heavy (non-hydrogen) atoms. The molecule has 0 aromatic heterocycles. The first-order valence-electron chi connectivity index (χ1n) is 7.06. The summed E-state index contributed by atoms with van der Waals surface area (Å²) in [5.41, 5.74) is -0.876. The monoisotopic (exact) mass is 273 g/mol. The van der Waals surface area contributed by atoms with Gasteiger partial charge >= 0.3 is 5.97 Å². The number of carbonyl (C=O) groups is 2. The Morgan fingerprint density at radius 3 is 2.26 bits per heavy atom. The lowest BCUT2D eigenvalue weighted by atomic mass is 9.82. The fourth-order valence-corrected chi connectivity index (χ4v) is 1.76. The summed E-state index contributed by atoms with van der Waals surface area (Å²) in [6.07, 6.45) is 2.38. The molecular formula is C14H27NO4. The van der Waals surface area contributed by atoms with Gasteiger partial charge in [0.2, 0.25) is 5.91 Å². The maximum absolute atomic E-state index is 11.8. The lowest BCUT2D eigenvalue weighted by molar-refractivity contribution is -0.149. The first-order chi connectivity index (χ1) is 8.93. The highest BCUT2D eigenvalue weighted by Crippen LogP contribution is 2.25. The largest absolute Gasteiger partial charge is 0.481 e. The molecule has 0 aromatic rings. The van der Waals surface area contributed by atoms with Gasteiger partial charge in [-0.2, -0.15) is 0 Å². The maximum Gasteiger partial charge on any atom is 0.311 e. The van der Waals surface area contributed by atoms with Crippen molar-refractivity contribution in [1.29, 1.82) is 0 Å². The molecule has 1 amide bonds. The van der Waals surface area contributed by atoms with E-state index in [9.17, 15) is 14.7 Å². The third-order valence-corrected chi connectivity index (χ3v) is 3.64. The summed E-state index contributed by atoms with van der Waals surface area (Å²) in [6.45, 7) is 8.09. The highest BCUT2D eigenvalue weighted by molar-refractivity contribution is 5.82. The van der Waals surface area contributed by atoms with E-state index in [1.165, 1.54) is 0 Å². The van der Waals surface area contributed by atoms with Crippen molar-refractivity contribution in [2.24, 2.45) is 5.41 Å². The van der Waals surface area contributed by atoms with Gasteiger partial charge in [0, 0.05) is 13.2 Å². The number of nitrogens with one attached hydrogen (secondary N) is 1. The Morgan fingerprint density at radius 1 is 1.26 bits per heavy atom. The number of hydrogen-bond acceptors (Lipinski definition) is 3. The van der Waals surface area contributed by atoms with Crippen LogP contribution in [0.15, 0.2) is 0 Å². The second kappa shape index (κ2) is 8.91. The average molecular weight is 273 g/mol. The van der Waals surface area contributed by atoms with Gasteiger partial charge in [-0.25, -0.2) is 0 Å². The number of unbranched alkanes of at least 4 members (excludes halogenated alkanes) is 1. The van der Waals surface area contributed by atoms with Crippen molar-refractivity contribution >= 4 is 11.9 Å². The zero-order valence-electron chi connectivity index (χ0n) is 12.5. The standard InChI is InChI=1S/C14H27NO4/c1-5-8-9-19-11(4)12(16)15-10-14(6-2,7-3)13(17)18/h11H,5-10H2,1-4H3,(H,15,16)(H,17,18). The molecule has 0 spiro atoms. The highest BCUT2D eigenvalue weighted by atomic mass is 16.5. The Balaban J connectivity index is 4.29. The van der Waals surface area contributed by atoms with E-state index in [1.807, 2.05) is 13.8 Å². The molecule has 0 bridgehead atoms. The van der Waals surface area contributed by atoms with E-state index in [0.29, 0.717) is 19.4 Å². The van der Waals surface area contributed by atoms with Crippen molar-refractivity contribution in [3.05, 3.63) is 0 Å². The van der Waals surface area contributed by atoms with Crippen LogP contribution in [-0.4, -0.2) is 36.2 Å². The number of carboxylic acids is 1. The SMILES string of the molecule is CCCCOC(C)C(=O)NCC(CC)(CC)C(=O)O. The molecule has 1 atom stereocenters. The number of rotatable bonds is 10.